The lowest BCUT2D eigenvalue weighted by Crippen LogP contribution is -2.38. The molecule has 2 N–H and O–H groups in total. The van der Waals surface area contributed by atoms with Crippen LogP contribution in [0.25, 0.3) is 0 Å². The molecule has 1 rings (SSSR count). The maximum absolute atomic E-state index is 5.68. The van der Waals surface area contributed by atoms with Gasteiger partial charge >= 0.3 is 0 Å². The molecule has 0 aromatic carbocycles. The lowest BCUT2D eigenvalue weighted by molar-refractivity contribution is 0.554. The van der Waals surface area contributed by atoms with Crippen LogP contribution >= 0.6 is 0 Å². The number of pyridine rings is 1. The summed E-state index contributed by atoms with van der Waals surface area (Å²) >= 11 is 0. The second-order valence-electron chi connectivity index (χ2n) is 4.09. The van der Waals surface area contributed by atoms with E-state index in [0.717, 1.165) is 30.9 Å². The van der Waals surface area contributed by atoms with Gasteiger partial charge in [-0.2, -0.15) is 0 Å². The number of nitrogens with two attached hydrogens (primary N) is 1. The maximum Gasteiger partial charge on any atom is 0.129 e. The lowest BCUT2D eigenvalue weighted by Gasteiger charge is -2.31. The van der Waals surface area contributed by atoms with Crippen LogP contribution in [0.1, 0.15) is 32.4 Å². The van der Waals surface area contributed by atoms with E-state index in [0.29, 0.717) is 12.6 Å². The van der Waals surface area contributed by atoms with Crippen molar-refractivity contribution in [2.75, 3.05) is 18.0 Å². The third kappa shape index (κ3) is 3.20. The number of aryl methyl sites for hydroxylation is 1. The highest BCUT2D eigenvalue weighted by molar-refractivity contribution is 5.40. The Balaban J connectivity index is 2.91. The third-order valence-electron chi connectivity index (χ3n) is 2.92. The average Bonchev–Trinajstić information content (AvgIpc) is 2.29. The second kappa shape index (κ2) is 6.48. The fourth-order valence-electron chi connectivity index (χ4n) is 2.04. The van der Waals surface area contributed by atoms with Crippen molar-refractivity contribution in [1.82, 2.24) is 4.98 Å². The summed E-state index contributed by atoms with van der Waals surface area (Å²) in [6, 6.07) is 6.69. The zero-order valence-corrected chi connectivity index (χ0v) is 10.6. The molecule has 0 unspecified atom stereocenters. The number of hydrogen-bond acceptors (Lipinski definition) is 3. The Labute approximate surface area is 98.7 Å². The second-order valence-corrected chi connectivity index (χ2v) is 4.09. The quantitative estimate of drug-likeness (QED) is 0.801. The fourth-order valence-corrected chi connectivity index (χ4v) is 2.04. The van der Waals surface area contributed by atoms with Gasteiger partial charge in [-0.15, -0.1) is 0 Å². The van der Waals surface area contributed by atoms with Gasteiger partial charge in [-0.05, 0) is 31.9 Å². The predicted octanol–water partition coefficient (Wildman–Crippen LogP) is 2.34. The Morgan fingerprint density at radius 3 is 2.50 bits per heavy atom. The van der Waals surface area contributed by atoms with Gasteiger partial charge in [-0.1, -0.05) is 19.9 Å². The van der Waals surface area contributed by atoms with Crippen LogP contribution in [0, 0.1) is 6.92 Å². The largest absolute Gasteiger partial charge is 0.352 e. The van der Waals surface area contributed by atoms with Gasteiger partial charge in [-0.25, -0.2) is 4.98 Å². The van der Waals surface area contributed by atoms with Crippen LogP contribution < -0.4 is 10.6 Å². The first-order chi connectivity index (χ1) is 7.72. The molecular formula is C13H23N3. The number of aromatic nitrogens is 1. The Hall–Kier alpha value is -1.09. The van der Waals surface area contributed by atoms with E-state index in [1.54, 1.807) is 0 Å². The summed E-state index contributed by atoms with van der Waals surface area (Å²) in [6.45, 7) is 8.01. The van der Waals surface area contributed by atoms with Gasteiger partial charge in [0.1, 0.15) is 5.82 Å². The normalized spacial score (nSPS) is 10.8. The van der Waals surface area contributed by atoms with E-state index in [1.165, 1.54) is 0 Å². The molecule has 3 heteroatoms. The summed E-state index contributed by atoms with van der Waals surface area (Å²) < 4.78 is 0. The predicted molar refractivity (Wildman–Crippen MR) is 69.7 cm³/mol. The molecule has 90 valence electrons. The fraction of sp³-hybridized carbons (Fsp3) is 0.615. The molecule has 1 aromatic rings. The average molecular weight is 221 g/mol. The first-order valence-corrected chi connectivity index (χ1v) is 6.13. The molecule has 16 heavy (non-hydrogen) atoms. The molecule has 0 aliphatic carbocycles. The van der Waals surface area contributed by atoms with Crippen molar-refractivity contribution in [2.45, 2.75) is 39.7 Å². The summed E-state index contributed by atoms with van der Waals surface area (Å²) in [4.78, 5) is 6.91. The Morgan fingerprint density at radius 2 is 2.00 bits per heavy atom. The van der Waals surface area contributed by atoms with Gasteiger partial charge in [0, 0.05) is 24.8 Å². The lowest BCUT2D eigenvalue weighted by atomic mass is 10.1. The standard InChI is InChI=1S/C13H23N3/c1-4-12(5-2)16(10-9-14)13-8-6-7-11(3)15-13/h6-8,12H,4-5,9-10,14H2,1-3H3. The molecule has 1 aromatic heterocycles. The topological polar surface area (TPSA) is 42.1 Å². The van der Waals surface area contributed by atoms with E-state index in [2.05, 4.69) is 35.9 Å². The highest BCUT2D eigenvalue weighted by atomic mass is 15.2. The minimum Gasteiger partial charge on any atom is -0.352 e. The van der Waals surface area contributed by atoms with Gasteiger partial charge in [0.25, 0.3) is 0 Å². The summed E-state index contributed by atoms with van der Waals surface area (Å²) in [5.41, 5.74) is 6.74. The number of rotatable bonds is 6. The Bertz CT molecular complexity index is 308. The molecule has 0 bridgehead atoms. The summed E-state index contributed by atoms with van der Waals surface area (Å²) in [5, 5.41) is 0. The molecule has 1 heterocycles. The van der Waals surface area contributed by atoms with Crippen molar-refractivity contribution < 1.29 is 0 Å². The SMILES string of the molecule is CCC(CC)N(CCN)c1cccc(C)n1. The molecule has 0 fully saturated rings. The zero-order chi connectivity index (χ0) is 12.0. The van der Waals surface area contributed by atoms with Crippen molar-refractivity contribution in [3.8, 4) is 0 Å². The Kier molecular flexibility index (Phi) is 5.26. The molecule has 0 radical (unpaired) electrons. The van der Waals surface area contributed by atoms with Crippen LogP contribution in [0.5, 0.6) is 0 Å². The van der Waals surface area contributed by atoms with Crippen molar-refractivity contribution in [2.24, 2.45) is 5.73 Å². The van der Waals surface area contributed by atoms with E-state index in [1.807, 2.05) is 13.0 Å². The molecule has 0 amide bonds. The highest BCUT2D eigenvalue weighted by Crippen LogP contribution is 2.17. The van der Waals surface area contributed by atoms with Crippen molar-refractivity contribution in [3.63, 3.8) is 0 Å². The van der Waals surface area contributed by atoms with Crippen LogP contribution in [0.4, 0.5) is 5.82 Å². The van der Waals surface area contributed by atoms with Crippen LogP contribution in [0.15, 0.2) is 18.2 Å². The number of anilines is 1. The van der Waals surface area contributed by atoms with Gasteiger partial charge in [0.05, 0.1) is 0 Å². The summed E-state index contributed by atoms with van der Waals surface area (Å²) in [6.07, 6.45) is 2.26. The van der Waals surface area contributed by atoms with E-state index in [-0.39, 0.29) is 0 Å². The molecule has 0 saturated heterocycles. The third-order valence-corrected chi connectivity index (χ3v) is 2.92. The summed E-state index contributed by atoms with van der Waals surface area (Å²) in [7, 11) is 0. The van der Waals surface area contributed by atoms with Gasteiger partial charge < -0.3 is 10.6 Å². The Morgan fingerprint density at radius 1 is 1.31 bits per heavy atom. The zero-order valence-electron chi connectivity index (χ0n) is 10.6. The van der Waals surface area contributed by atoms with E-state index >= 15 is 0 Å². The smallest absolute Gasteiger partial charge is 0.129 e. The van der Waals surface area contributed by atoms with Crippen molar-refractivity contribution in [1.29, 1.82) is 0 Å². The van der Waals surface area contributed by atoms with E-state index in [4.69, 9.17) is 5.73 Å². The monoisotopic (exact) mass is 221 g/mol. The first-order valence-electron chi connectivity index (χ1n) is 6.13. The molecule has 0 aliphatic heterocycles. The van der Waals surface area contributed by atoms with Crippen molar-refractivity contribution >= 4 is 5.82 Å². The molecule has 0 saturated carbocycles. The molecule has 0 spiro atoms. The summed E-state index contributed by atoms with van der Waals surface area (Å²) in [5.74, 6) is 1.05. The van der Waals surface area contributed by atoms with E-state index < -0.39 is 0 Å². The molecular weight excluding hydrogens is 198 g/mol. The first kappa shape index (κ1) is 13.0. The minimum atomic E-state index is 0.540. The maximum atomic E-state index is 5.68. The molecule has 0 atom stereocenters. The van der Waals surface area contributed by atoms with Crippen LogP contribution in [-0.4, -0.2) is 24.1 Å². The minimum absolute atomic E-state index is 0.540. The molecule has 0 aliphatic rings. The number of nitrogens with zero attached hydrogens (tertiary/aromatic N) is 2. The van der Waals surface area contributed by atoms with Crippen LogP contribution in [-0.2, 0) is 0 Å². The van der Waals surface area contributed by atoms with Crippen LogP contribution in [0.2, 0.25) is 0 Å². The van der Waals surface area contributed by atoms with Gasteiger partial charge in [0.2, 0.25) is 0 Å². The van der Waals surface area contributed by atoms with Crippen molar-refractivity contribution in [3.05, 3.63) is 23.9 Å². The van der Waals surface area contributed by atoms with Gasteiger partial charge in [0.15, 0.2) is 0 Å². The van der Waals surface area contributed by atoms with E-state index in [9.17, 15) is 0 Å². The molecule has 3 nitrogen and oxygen atoms in total. The van der Waals surface area contributed by atoms with Gasteiger partial charge in [-0.3, -0.25) is 0 Å². The number of hydrogen-bond donors (Lipinski definition) is 1. The van der Waals surface area contributed by atoms with Crippen LogP contribution in [0.3, 0.4) is 0 Å². The highest BCUT2D eigenvalue weighted by Gasteiger charge is 2.15.